The van der Waals surface area contributed by atoms with Crippen molar-refractivity contribution in [3.8, 4) is 11.6 Å². The van der Waals surface area contributed by atoms with Gasteiger partial charge in [0.2, 0.25) is 5.88 Å². The summed E-state index contributed by atoms with van der Waals surface area (Å²) in [6.45, 7) is 0.519. The third kappa shape index (κ3) is 5.33. The van der Waals surface area contributed by atoms with E-state index in [0.29, 0.717) is 24.2 Å². The third-order valence-corrected chi connectivity index (χ3v) is 3.45. The van der Waals surface area contributed by atoms with Gasteiger partial charge in [-0.2, -0.15) is 0 Å². The van der Waals surface area contributed by atoms with Gasteiger partial charge in [-0.25, -0.2) is 9.37 Å². The Bertz CT molecular complexity index is 706. The molecule has 0 radical (unpaired) electrons. The van der Waals surface area contributed by atoms with Crippen LogP contribution in [0, 0.1) is 5.82 Å². The van der Waals surface area contributed by atoms with Crippen LogP contribution in [-0.4, -0.2) is 24.0 Å². The maximum atomic E-state index is 13.3. The minimum atomic E-state index is -0.341. The van der Waals surface area contributed by atoms with Crippen LogP contribution in [0.4, 0.5) is 4.39 Å². The second-order valence-electron chi connectivity index (χ2n) is 5.37. The molecule has 0 spiro atoms. The van der Waals surface area contributed by atoms with Crippen LogP contribution in [0.2, 0.25) is 0 Å². The summed E-state index contributed by atoms with van der Waals surface area (Å²) in [7, 11) is 1.74. The number of hydrogen-bond acceptors (Lipinski definition) is 3. The van der Waals surface area contributed by atoms with E-state index in [1.165, 1.54) is 25.0 Å². The zero-order valence-electron chi connectivity index (χ0n) is 13.3. The molecule has 1 aromatic heterocycles. The molecule has 1 fully saturated rings. The van der Waals surface area contributed by atoms with Gasteiger partial charge in [0, 0.05) is 37.5 Å². The Hall–Kier alpha value is -1.90. The molecule has 128 valence electrons. The van der Waals surface area contributed by atoms with Gasteiger partial charge in [0.1, 0.15) is 11.6 Å². The van der Waals surface area contributed by atoms with Gasteiger partial charge in [-0.15, -0.1) is 24.0 Å². The Morgan fingerprint density at radius 2 is 2.17 bits per heavy atom. The number of aliphatic imine (C=N–C) groups is 1. The first-order chi connectivity index (χ1) is 11.2. The van der Waals surface area contributed by atoms with Gasteiger partial charge in [0.05, 0.1) is 0 Å². The van der Waals surface area contributed by atoms with Crippen LogP contribution in [0.1, 0.15) is 18.4 Å². The Balaban J connectivity index is 0.00000208. The number of ether oxygens (including phenoxy) is 1. The predicted octanol–water partition coefficient (Wildman–Crippen LogP) is 3.46. The van der Waals surface area contributed by atoms with Gasteiger partial charge in [0.25, 0.3) is 0 Å². The first-order valence-corrected chi connectivity index (χ1v) is 7.59. The second-order valence-corrected chi connectivity index (χ2v) is 5.37. The van der Waals surface area contributed by atoms with Crippen molar-refractivity contribution in [2.45, 2.75) is 25.4 Å². The molecule has 1 heterocycles. The average Bonchev–Trinajstić information content (AvgIpc) is 3.37. The molecule has 0 aliphatic heterocycles. The third-order valence-electron chi connectivity index (χ3n) is 3.45. The number of aromatic nitrogens is 1. The molecule has 0 saturated heterocycles. The molecule has 1 aliphatic carbocycles. The fourth-order valence-electron chi connectivity index (χ4n) is 2.09. The number of rotatable bonds is 5. The fourth-order valence-corrected chi connectivity index (χ4v) is 2.09. The highest BCUT2D eigenvalue weighted by molar-refractivity contribution is 14.0. The maximum Gasteiger partial charge on any atom is 0.224 e. The zero-order chi connectivity index (χ0) is 16.1. The van der Waals surface area contributed by atoms with Crippen molar-refractivity contribution in [1.29, 1.82) is 0 Å². The predicted molar refractivity (Wildman–Crippen MR) is 102 cm³/mol. The quantitative estimate of drug-likeness (QED) is 0.423. The van der Waals surface area contributed by atoms with Gasteiger partial charge in [0.15, 0.2) is 5.96 Å². The lowest BCUT2D eigenvalue weighted by molar-refractivity contribution is 0.450. The monoisotopic (exact) mass is 442 g/mol. The number of nitrogens with zero attached hydrogens (tertiary/aromatic N) is 2. The molecule has 0 atom stereocenters. The Morgan fingerprint density at radius 3 is 2.88 bits per heavy atom. The van der Waals surface area contributed by atoms with E-state index in [-0.39, 0.29) is 29.8 Å². The molecule has 0 bridgehead atoms. The summed E-state index contributed by atoms with van der Waals surface area (Å²) in [6.07, 6.45) is 4.01. The minimum Gasteiger partial charge on any atom is -0.439 e. The van der Waals surface area contributed by atoms with Crippen LogP contribution in [0.3, 0.4) is 0 Å². The molecule has 1 aliphatic rings. The van der Waals surface area contributed by atoms with Gasteiger partial charge in [-0.3, -0.25) is 4.99 Å². The van der Waals surface area contributed by atoms with Gasteiger partial charge >= 0.3 is 0 Å². The molecule has 3 rings (SSSR count). The highest BCUT2D eigenvalue weighted by atomic mass is 127. The maximum absolute atomic E-state index is 13.3. The minimum absolute atomic E-state index is 0. The van der Waals surface area contributed by atoms with E-state index in [0.717, 1.165) is 11.5 Å². The summed E-state index contributed by atoms with van der Waals surface area (Å²) in [5, 5.41) is 6.55. The van der Waals surface area contributed by atoms with Crippen LogP contribution < -0.4 is 15.4 Å². The van der Waals surface area contributed by atoms with Crippen LogP contribution >= 0.6 is 24.0 Å². The molecule has 0 amide bonds. The Labute approximate surface area is 157 Å². The van der Waals surface area contributed by atoms with E-state index < -0.39 is 0 Å². The molecule has 0 unspecified atom stereocenters. The van der Waals surface area contributed by atoms with Crippen molar-refractivity contribution in [3.63, 3.8) is 0 Å². The highest BCUT2D eigenvalue weighted by Gasteiger charge is 2.22. The smallest absolute Gasteiger partial charge is 0.224 e. The summed E-state index contributed by atoms with van der Waals surface area (Å²) in [4.78, 5) is 8.43. The van der Waals surface area contributed by atoms with Crippen LogP contribution in [-0.2, 0) is 6.54 Å². The molecule has 1 aromatic carbocycles. The number of benzene rings is 1. The molecular weight excluding hydrogens is 422 g/mol. The number of nitrogens with one attached hydrogen (secondary N) is 2. The van der Waals surface area contributed by atoms with Crippen molar-refractivity contribution < 1.29 is 9.13 Å². The lowest BCUT2D eigenvalue weighted by Gasteiger charge is -2.13. The summed E-state index contributed by atoms with van der Waals surface area (Å²) < 4.78 is 19.0. The van der Waals surface area contributed by atoms with Gasteiger partial charge in [-0.1, -0.05) is 12.1 Å². The highest BCUT2D eigenvalue weighted by Crippen LogP contribution is 2.23. The SMILES string of the molecule is CN=C(NCc1cccnc1Oc1cccc(F)c1)NC1CC1.I. The van der Waals surface area contributed by atoms with E-state index in [2.05, 4.69) is 20.6 Å². The summed E-state index contributed by atoms with van der Waals surface area (Å²) >= 11 is 0. The van der Waals surface area contributed by atoms with E-state index in [1.807, 2.05) is 12.1 Å². The average molecular weight is 442 g/mol. The van der Waals surface area contributed by atoms with E-state index in [9.17, 15) is 4.39 Å². The van der Waals surface area contributed by atoms with Crippen molar-refractivity contribution in [1.82, 2.24) is 15.6 Å². The topological polar surface area (TPSA) is 58.5 Å². The first-order valence-electron chi connectivity index (χ1n) is 7.59. The number of pyridine rings is 1. The summed E-state index contributed by atoms with van der Waals surface area (Å²) in [5.41, 5.74) is 0.871. The normalized spacial score (nSPS) is 13.8. The zero-order valence-corrected chi connectivity index (χ0v) is 15.7. The first kappa shape index (κ1) is 18.4. The Kier molecular flexibility index (Phi) is 6.77. The second kappa shape index (κ2) is 8.81. The van der Waals surface area contributed by atoms with E-state index in [4.69, 9.17) is 4.74 Å². The lowest BCUT2D eigenvalue weighted by Crippen LogP contribution is -2.38. The summed E-state index contributed by atoms with van der Waals surface area (Å²) in [6, 6.07) is 10.3. The fraction of sp³-hybridized carbons (Fsp3) is 0.294. The molecule has 24 heavy (non-hydrogen) atoms. The van der Waals surface area contributed by atoms with Crippen molar-refractivity contribution >= 4 is 29.9 Å². The van der Waals surface area contributed by atoms with Crippen molar-refractivity contribution in [3.05, 3.63) is 54.0 Å². The molecule has 2 aromatic rings. The molecule has 5 nitrogen and oxygen atoms in total. The molecule has 7 heteroatoms. The molecular formula is C17H20FIN4O. The van der Waals surface area contributed by atoms with Gasteiger partial charge in [-0.05, 0) is 31.0 Å². The molecule has 1 saturated carbocycles. The van der Waals surface area contributed by atoms with Crippen molar-refractivity contribution in [2.24, 2.45) is 4.99 Å². The van der Waals surface area contributed by atoms with Crippen LogP contribution in [0.15, 0.2) is 47.6 Å². The number of guanidine groups is 1. The number of halogens is 2. The van der Waals surface area contributed by atoms with Crippen LogP contribution in [0.25, 0.3) is 0 Å². The summed E-state index contributed by atoms with van der Waals surface area (Å²) in [5.74, 6) is 1.29. The number of hydrogen-bond donors (Lipinski definition) is 2. The Morgan fingerprint density at radius 1 is 1.33 bits per heavy atom. The lowest BCUT2D eigenvalue weighted by atomic mass is 10.2. The van der Waals surface area contributed by atoms with Crippen molar-refractivity contribution in [2.75, 3.05) is 7.05 Å². The largest absolute Gasteiger partial charge is 0.439 e. The standard InChI is InChI=1S/C17H19FN4O.HI/c1-19-17(22-14-7-8-14)21-11-12-4-3-9-20-16(12)23-15-6-2-5-13(18)10-15;/h2-6,9-10,14H,7-8,11H2,1H3,(H2,19,21,22);1H. The van der Waals surface area contributed by atoms with E-state index >= 15 is 0 Å². The van der Waals surface area contributed by atoms with Gasteiger partial charge < -0.3 is 15.4 Å². The van der Waals surface area contributed by atoms with E-state index in [1.54, 1.807) is 25.4 Å². The molecule has 2 N–H and O–H groups in total. The van der Waals surface area contributed by atoms with Crippen LogP contribution in [0.5, 0.6) is 11.6 Å².